The zero-order valence-electron chi connectivity index (χ0n) is 16.0. The molecule has 0 bridgehead atoms. The minimum absolute atomic E-state index is 0.523. The Hall–Kier alpha value is -3.20. The standard InChI is InChI=1S/C22H18N2O.C2H6/c1-16-9-11-17(12-10-16)15-22-24-23-21(25-22)14-13-19-7-4-6-18-5-2-3-8-20(18)19;1-2/h2-14H,15H2,1H3;1-2H3/b14-13+;. The first-order valence-corrected chi connectivity index (χ1v) is 9.32. The average Bonchev–Trinajstić information content (AvgIpc) is 3.17. The zero-order chi connectivity index (χ0) is 19.1. The van der Waals surface area contributed by atoms with E-state index >= 15 is 0 Å². The van der Waals surface area contributed by atoms with Crippen molar-refractivity contribution in [3.05, 3.63) is 95.2 Å². The Kier molecular flexibility index (Phi) is 6.16. The normalized spacial score (nSPS) is 10.8. The Bertz CT molecular complexity index is 1020. The first kappa shape index (κ1) is 18.6. The number of nitrogens with zero attached hydrogens (tertiary/aromatic N) is 2. The first-order valence-electron chi connectivity index (χ1n) is 9.32. The van der Waals surface area contributed by atoms with Crippen LogP contribution < -0.4 is 0 Å². The molecule has 27 heavy (non-hydrogen) atoms. The smallest absolute Gasteiger partial charge is 0.240 e. The van der Waals surface area contributed by atoms with Gasteiger partial charge >= 0.3 is 0 Å². The van der Waals surface area contributed by atoms with E-state index in [2.05, 4.69) is 71.7 Å². The highest BCUT2D eigenvalue weighted by molar-refractivity contribution is 5.92. The number of fused-ring (bicyclic) bond motifs is 1. The summed E-state index contributed by atoms with van der Waals surface area (Å²) in [5.41, 5.74) is 3.54. The van der Waals surface area contributed by atoms with E-state index < -0.39 is 0 Å². The lowest BCUT2D eigenvalue weighted by Crippen LogP contribution is -1.88. The first-order chi connectivity index (χ1) is 13.3. The van der Waals surface area contributed by atoms with Crippen LogP contribution in [0.5, 0.6) is 0 Å². The largest absolute Gasteiger partial charge is 0.421 e. The molecule has 0 amide bonds. The summed E-state index contributed by atoms with van der Waals surface area (Å²) < 4.78 is 5.74. The topological polar surface area (TPSA) is 38.9 Å². The van der Waals surface area contributed by atoms with E-state index in [1.54, 1.807) is 0 Å². The Morgan fingerprint density at radius 3 is 2.37 bits per heavy atom. The highest BCUT2D eigenvalue weighted by Gasteiger charge is 2.05. The maximum absolute atomic E-state index is 5.74. The molecule has 136 valence electrons. The minimum atomic E-state index is 0.523. The number of hydrogen-bond donors (Lipinski definition) is 0. The van der Waals surface area contributed by atoms with Crippen LogP contribution in [0.25, 0.3) is 22.9 Å². The van der Waals surface area contributed by atoms with Gasteiger partial charge in [-0.25, -0.2) is 0 Å². The summed E-state index contributed by atoms with van der Waals surface area (Å²) in [6, 6.07) is 22.9. The van der Waals surface area contributed by atoms with Gasteiger partial charge in [0.2, 0.25) is 11.8 Å². The molecule has 3 aromatic carbocycles. The summed E-state index contributed by atoms with van der Waals surface area (Å²) in [6.07, 6.45) is 4.54. The summed E-state index contributed by atoms with van der Waals surface area (Å²) in [5.74, 6) is 1.15. The molecule has 0 saturated heterocycles. The van der Waals surface area contributed by atoms with Crippen molar-refractivity contribution in [1.82, 2.24) is 10.2 Å². The molecule has 0 spiro atoms. The SMILES string of the molecule is CC.Cc1ccc(Cc2nnc(/C=C/c3cccc4ccccc34)o2)cc1. The van der Waals surface area contributed by atoms with E-state index in [0.717, 1.165) is 5.56 Å². The highest BCUT2D eigenvalue weighted by Crippen LogP contribution is 2.20. The maximum Gasteiger partial charge on any atom is 0.240 e. The molecule has 0 aliphatic heterocycles. The van der Waals surface area contributed by atoms with Crippen LogP contribution >= 0.6 is 0 Å². The van der Waals surface area contributed by atoms with Crippen LogP contribution in [0.15, 0.2) is 71.1 Å². The van der Waals surface area contributed by atoms with E-state index in [1.165, 1.54) is 21.9 Å². The van der Waals surface area contributed by atoms with Crippen LogP contribution in [0, 0.1) is 6.92 Å². The van der Waals surface area contributed by atoms with Crippen LogP contribution in [0.2, 0.25) is 0 Å². The van der Waals surface area contributed by atoms with Crippen molar-refractivity contribution in [2.45, 2.75) is 27.2 Å². The fraction of sp³-hybridized carbons (Fsp3) is 0.167. The Morgan fingerprint density at radius 1 is 0.815 bits per heavy atom. The molecule has 1 heterocycles. The van der Waals surface area contributed by atoms with Crippen LogP contribution in [0.1, 0.15) is 42.3 Å². The summed E-state index contributed by atoms with van der Waals surface area (Å²) in [6.45, 7) is 6.08. The Labute approximate surface area is 160 Å². The van der Waals surface area contributed by atoms with Gasteiger partial charge in [0.25, 0.3) is 0 Å². The number of aromatic nitrogens is 2. The molecule has 0 N–H and O–H groups in total. The van der Waals surface area contributed by atoms with Crippen molar-refractivity contribution in [2.24, 2.45) is 0 Å². The lowest BCUT2D eigenvalue weighted by molar-refractivity contribution is 0.496. The molecule has 4 rings (SSSR count). The fourth-order valence-electron chi connectivity index (χ4n) is 2.84. The average molecular weight is 356 g/mol. The van der Waals surface area contributed by atoms with Gasteiger partial charge in [0.1, 0.15) is 0 Å². The van der Waals surface area contributed by atoms with Gasteiger partial charge in [0.15, 0.2) is 0 Å². The zero-order valence-corrected chi connectivity index (χ0v) is 16.0. The molecule has 0 unspecified atom stereocenters. The monoisotopic (exact) mass is 356 g/mol. The van der Waals surface area contributed by atoms with Crippen LogP contribution in [0.3, 0.4) is 0 Å². The van der Waals surface area contributed by atoms with Crippen molar-refractivity contribution in [1.29, 1.82) is 0 Å². The minimum Gasteiger partial charge on any atom is -0.421 e. The van der Waals surface area contributed by atoms with E-state index in [1.807, 2.05) is 38.1 Å². The predicted molar refractivity (Wildman–Crippen MR) is 113 cm³/mol. The molecule has 0 saturated carbocycles. The van der Waals surface area contributed by atoms with Crippen LogP contribution in [0.4, 0.5) is 0 Å². The fourth-order valence-corrected chi connectivity index (χ4v) is 2.84. The van der Waals surface area contributed by atoms with Crippen molar-refractivity contribution in [2.75, 3.05) is 0 Å². The summed E-state index contributed by atoms with van der Waals surface area (Å²) >= 11 is 0. The number of hydrogen-bond acceptors (Lipinski definition) is 3. The molecular weight excluding hydrogens is 332 g/mol. The number of benzene rings is 3. The van der Waals surface area contributed by atoms with Gasteiger partial charge in [0, 0.05) is 6.08 Å². The van der Waals surface area contributed by atoms with Gasteiger partial charge in [-0.3, -0.25) is 0 Å². The summed E-state index contributed by atoms with van der Waals surface area (Å²) in [7, 11) is 0. The molecule has 4 aromatic rings. The number of aryl methyl sites for hydroxylation is 1. The van der Waals surface area contributed by atoms with Crippen molar-refractivity contribution in [3.8, 4) is 0 Å². The van der Waals surface area contributed by atoms with Gasteiger partial charge in [-0.2, -0.15) is 0 Å². The molecule has 1 aromatic heterocycles. The lowest BCUT2D eigenvalue weighted by Gasteiger charge is -2.00. The molecule has 0 aliphatic rings. The third-order valence-corrected chi connectivity index (χ3v) is 4.19. The van der Waals surface area contributed by atoms with Gasteiger partial charge in [-0.05, 0) is 34.9 Å². The van der Waals surface area contributed by atoms with Crippen molar-refractivity contribution >= 4 is 22.9 Å². The van der Waals surface area contributed by atoms with Crippen molar-refractivity contribution in [3.63, 3.8) is 0 Å². The van der Waals surface area contributed by atoms with Gasteiger partial charge < -0.3 is 4.42 Å². The van der Waals surface area contributed by atoms with E-state index in [9.17, 15) is 0 Å². The summed E-state index contributed by atoms with van der Waals surface area (Å²) in [5, 5.41) is 10.7. The molecule has 0 fully saturated rings. The van der Waals surface area contributed by atoms with E-state index in [4.69, 9.17) is 4.42 Å². The second-order valence-electron chi connectivity index (χ2n) is 6.10. The molecule has 0 aliphatic carbocycles. The maximum atomic E-state index is 5.74. The molecule has 3 nitrogen and oxygen atoms in total. The lowest BCUT2D eigenvalue weighted by atomic mass is 10.0. The van der Waals surface area contributed by atoms with Gasteiger partial charge in [-0.15, -0.1) is 10.2 Å². The van der Waals surface area contributed by atoms with Gasteiger partial charge in [0.05, 0.1) is 6.42 Å². The second-order valence-corrected chi connectivity index (χ2v) is 6.10. The van der Waals surface area contributed by atoms with E-state index in [-0.39, 0.29) is 0 Å². The molecular formula is C24H24N2O. The Morgan fingerprint density at radius 2 is 1.56 bits per heavy atom. The second kappa shape index (κ2) is 8.95. The number of rotatable bonds is 4. The third kappa shape index (κ3) is 4.70. The van der Waals surface area contributed by atoms with Crippen LogP contribution in [-0.4, -0.2) is 10.2 Å². The molecule has 3 heteroatoms. The molecule has 0 atom stereocenters. The van der Waals surface area contributed by atoms with Crippen molar-refractivity contribution < 1.29 is 4.42 Å². The Balaban J connectivity index is 0.00000102. The van der Waals surface area contributed by atoms with Crippen LogP contribution in [-0.2, 0) is 6.42 Å². The third-order valence-electron chi connectivity index (χ3n) is 4.19. The highest BCUT2D eigenvalue weighted by atomic mass is 16.4. The van der Waals surface area contributed by atoms with E-state index in [0.29, 0.717) is 18.2 Å². The van der Waals surface area contributed by atoms with Gasteiger partial charge in [-0.1, -0.05) is 86.1 Å². The quantitative estimate of drug-likeness (QED) is 0.429. The predicted octanol–water partition coefficient (Wildman–Crippen LogP) is 6.32. The summed E-state index contributed by atoms with van der Waals surface area (Å²) in [4.78, 5) is 0. The molecule has 0 radical (unpaired) electrons.